The van der Waals surface area contributed by atoms with Gasteiger partial charge in [-0.3, -0.25) is 0 Å². The van der Waals surface area contributed by atoms with Crippen LogP contribution in [0.2, 0.25) is 0 Å². The van der Waals surface area contributed by atoms with Crippen molar-refractivity contribution in [3.05, 3.63) is 0 Å². The molecule has 2 heteroatoms. The van der Waals surface area contributed by atoms with E-state index in [0.29, 0.717) is 0 Å². The fraction of sp³-hybridized carbons (Fsp3) is 1.00. The SMILES string of the molecule is CCCCCCCCCCCCCCCCCC.[Be+2].[H-].[H-].[H-].[HH].[HH].[K+]. The summed E-state index contributed by atoms with van der Waals surface area (Å²) in [7, 11) is 0. The Morgan fingerprint density at radius 3 is 0.750 bits per heavy atom. The molecule has 0 unspecified atom stereocenters. The second-order valence-corrected chi connectivity index (χ2v) is 5.95. The summed E-state index contributed by atoms with van der Waals surface area (Å²) in [5, 5.41) is 0. The fourth-order valence-electron chi connectivity index (χ4n) is 2.62. The van der Waals surface area contributed by atoms with Crippen LogP contribution in [0.5, 0.6) is 0 Å². The van der Waals surface area contributed by atoms with E-state index in [0.717, 1.165) is 0 Å². The molecule has 0 aromatic rings. The topological polar surface area (TPSA) is 0 Å². The van der Waals surface area contributed by atoms with Crippen molar-refractivity contribution < 1.29 is 58.5 Å². The van der Waals surface area contributed by atoms with Gasteiger partial charge in [0, 0.05) is 2.85 Å². The number of rotatable bonds is 15. The zero-order chi connectivity index (χ0) is 13.3. The van der Waals surface area contributed by atoms with Crippen molar-refractivity contribution in [2.45, 2.75) is 117 Å². The first kappa shape index (κ1) is 26.7. The van der Waals surface area contributed by atoms with Crippen molar-refractivity contribution in [3.8, 4) is 0 Å². The molecule has 0 fully saturated rings. The minimum Gasteiger partial charge on any atom is -1.00 e. The van der Waals surface area contributed by atoms with Crippen molar-refractivity contribution in [1.29, 1.82) is 0 Å². The van der Waals surface area contributed by atoms with Crippen LogP contribution < -0.4 is 51.4 Å². The molecule has 120 valence electrons. The van der Waals surface area contributed by atoms with Gasteiger partial charge in [0.15, 0.2) is 0 Å². The smallest absolute Gasteiger partial charge is 1.00 e. The third-order valence-corrected chi connectivity index (χ3v) is 3.96. The summed E-state index contributed by atoms with van der Waals surface area (Å²) in [6.07, 6.45) is 23.4. The first-order valence-electron chi connectivity index (χ1n) is 8.91. The molecule has 0 bridgehead atoms. The van der Waals surface area contributed by atoms with Gasteiger partial charge in [-0.15, -0.1) is 0 Å². The maximum atomic E-state index is 2.29. The van der Waals surface area contributed by atoms with Crippen molar-refractivity contribution in [1.82, 2.24) is 0 Å². The van der Waals surface area contributed by atoms with Gasteiger partial charge in [-0.05, 0) is 0 Å². The van der Waals surface area contributed by atoms with E-state index in [1.807, 2.05) is 0 Å². The van der Waals surface area contributed by atoms with E-state index in [1.165, 1.54) is 103 Å². The molecule has 0 atom stereocenters. The Morgan fingerprint density at radius 1 is 0.450 bits per heavy atom. The van der Waals surface area contributed by atoms with Gasteiger partial charge in [0.25, 0.3) is 0 Å². The Kier molecular flexibility index (Phi) is 34.4. The van der Waals surface area contributed by atoms with Crippen LogP contribution in [0.25, 0.3) is 0 Å². The first-order valence-corrected chi connectivity index (χ1v) is 8.91. The van der Waals surface area contributed by atoms with E-state index in [1.54, 1.807) is 0 Å². The van der Waals surface area contributed by atoms with Crippen molar-refractivity contribution in [3.63, 3.8) is 0 Å². The molecule has 0 aliphatic carbocycles. The van der Waals surface area contributed by atoms with Gasteiger partial charge in [-0.2, -0.15) is 0 Å². The second kappa shape index (κ2) is 25.7. The molecule has 0 N–H and O–H groups in total. The van der Waals surface area contributed by atoms with E-state index in [4.69, 9.17) is 0 Å². The molecule has 0 spiro atoms. The largest absolute Gasteiger partial charge is 2.00 e. The van der Waals surface area contributed by atoms with Gasteiger partial charge < -0.3 is 4.28 Å². The minimum absolute atomic E-state index is 0. The number of unbranched alkanes of at least 4 members (excludes halogenated alkanes) is 15. The van der Waals surface area contributed by atoms with Gasteiger partial charge >= 0.3 is 61.5 Å². The predicted octanol–water partition coefficient (Wildman–Crippen LogP) is 4.72. The van der Waals surface area contributed by atoms with Crippen molar-refractivity contribution >= 4 is 10.1 Å². The van der Waals surface area contributed by atoms with Crippen LogP contribution >= 0.6 is 0 Å². The van der Waals surface area contributed by atoms with Gasteiger partial charge in [-0.25, -0.2) is 0 Å². The fourth-order valence-corrected chi connectivity index (χ4v) is 2.62. The van der Waals surface area contributed by atoms with Crippen LogP contribution in [0.3, 0.4) is 0 Å². The molecule has 0 aromatic carbocycles. The van der Waals surface area contributed by atoms with E-state index in [9.17, 15) is 0 Å². The maximum Gasteiger partial charge on any atom is 2.00 e. The summed E-state index contributed by atoms with van der Waals surface area (Å²) in [6, 6.07) is 0. The third-order valence-electron chi connectivity index (χ3n) is 3.96. The van der Waals surface area contributed by atoms with E-state index >= 15 is 0 Å². The molecule has 0 aromatic heterocycles. The van der Waals surface area contributed by atoms with Crippen LogP contribution in [0.15, 0.2) is 0 Å². The molecule has 0 radical (unpaired) electrons. The summed E-state index contributed by atoms with van der Waals surface area (Å²) in [4.78, 5) is 0. The quantitative estimate of drug-likeness (QED) is 0.303. The Hall–Kier alpha value is 1.81. The van der Waals surface area contributed by atoms with E-state index in [2.05, 4.69) is 13.8 Å². The monoisotopic (exact) mass is 309 g/mol. The zero-order valence-electron chi connectivity index (χ0n) is 18.0. The van der Waals surface area contributed by atoms with Gasteiger partial charge in [0.05, 0.1) is 0 Å². The van der Waals surface area contributed by atoms with E-state index < -0.39 is 0 Å². The van der Waals surface area contributed by atoms with Crippen LogP contribution in [0, 0.1) is 0 Å². The Labute approximate surface area is 183 Å². The molecule has 0 aliphatic heterocycles. The third kappa shape index (κ3) is 24.8. The molecule has 0 saturated heterocycles. The molecule has 0 heterocycles. The molecular formula is C18H45BeK. The van der Waals surface area contributed by atoms with Gasteiger partial charge in [0.1, 0.15) is 0 Å². The van der Waals surface area contributed by atoms with Crippen LogP contribution in [-0.2, 0) is 0 Å². The molecule has 20 heavy (non-hydrogen) atoms. The maximum absolute atomic E-state index is 2.29. The van der Waals surface area contributed by atoms with E-state index in [-0.39, 0.29) is 68.6 Å². The second-order valence-electron chi connectivity index (χ2n) is 5.95. The summed E-state index contributed by atoms with van der Waals surface area (Å²) >= 11 is 0. The van der Waals surface area contributed by atoms with Gasteiger partial charge in [-0.1, -0.05) is 117 Å². The normalized spacial score (nSPS) is 9.90. The summed E-state index contributed by atoms with van der Waals surface area (Å²) in [6.45, 7) is 4.59. The average Bonchev–Trinajstić information content (AvgIpc) is 2.39. The molecule has 0 amide bonds. The molecule has 0 saturated carbocycles. The number of hydrogen-bond acceptors (Lipinski definition) is 0. The Bertz CT molecular complexity index is 141. The Morgan fingerprint density at radius 2 is 0.600 bits per heavy atom. The summed E-state index contributed by atoms with van der Waals surface area (Å²) in [5.74, 6) is 0. The minimum atomic E-state index is 0. The molecule has 0 rings (SSSR count). The Balaban J connectivity index is -0.0000000688. The summed E-state index contributed by atoms with van der Waals surface area (Å²) in [5.41, 5.74) is 0. The zero-order valence-corrected chi connectivity index (χ0v) is 18.1. The molecule has 0 aliphatic rings. The predicted molar refractivity (Wildman–Crippen MR) is 98.5 cm³/mol. The first-order chi connectivity index (χ1) is 8.91. The molecular weight excluding hydrogens is 264 g/mol. The van der Waals surface area contributed by atoms with Crippen molar-refractivity contribution in [2.24, 2.45) is 0 Å². The van der Waals surface area contributed by atoms with Gasteiger partial charge in [0.2, 0.25) is 0 Å². The van der Waals surface area contributed by atoms with Crippen LogP contribution in [-0.4, -0.2) is 10.1 Å². The van der Waals surface area contributed by atoms with Crippen LogP contribution in [0.4, 0.5) is 0 Å². The van der Waals surface area contributed by atoms with Crippen LogP contribution in [0.1, 0.15) is 124 Å². The number of hydrogen-bond donors (Lipinski definition) is 0. The summed E-state index contributed by atoms with van der Waals surface area (Å²) < 4.78 is 0. The molecule has 0 nitrogen and oxygen atoms in total. The standard InChI is InChI=1S/C18H38.Be.K.2H2.3H/c1-3-5-7-9-11-13-15-17-18-16-14-12-10-8-6-4-2;;;;;;;/h3-18H2,1-2H3;;;2*1H;;;/q;+2;+1;;;3*-1. The van der Waals surface area contributed by atoms with Crippen molar-refractivity contribution in [2.75, 3.05) is 0 Å². The average molecular weight is 310 g/mol.